The van der Waals surface area contributed by atoms with Crippen LogP contribution in [0.3, 0.4) is 0 Å². The largest absolute Gasteiger partial charge is 0.378 e. The van der Waals surface area contributed by atoms with E-state index in [9.17, 15) is 19.2 Å². The molecule has 0 radical (unpaired) electrons. The fraction of sp³-hybridized carbons (Fsp3) is 0.565. The number of imide groups is 1. The number of ether oxygens (including phenoxy) is 1. The minimum absolute atomic E-state index is 0.182. The zero-order valence-electron chi connectivity index (χ0n) is 19.0. The van der Waals surface area contributed by atoms with Crippen LogP contribution >= 0.6 is 0 Å². The maximum atomic E-state index is 12.8. The van der Waals surface area contributed by atoms with Gasteiger partial charge in [0.15, 0.2) is 0 Å². The number of nitrogens with zero attached hydrogens (tertiary/aromatic N) is 3. The van der Waals surface area contributed by atoms with Crippen LogP contribution in [0.5, 0.6) is 0 Å². The van der Waals surface area contributed by atoms with Gasteiger partial charge < -0.3 is 25.2 Å². The molecule has 178 valence electrons. The van der Waals surface area contributed by atoms with E-state index in [0.29, 0.717) is 31.7 Å². The molecule has 1 aliphatic carbocycles. The minimum atomic E-state index is -0.862. The monoisotopic (exact) mass is 457 g/mol. The van der Waals surface area contributed by atoms with Gasteiger partial charge in [-0.1, -0.05) is 19.3 Å². The van der Waals surface area contributed by atoms with Gasteiger partial charge in [0.2, 0.25) is 11.8 Å². The minimum Gasteiger partial charge on any atom is -0.378 e. The summed E-state index contributed by atoms with van der Waals surface area (Å²) in [6, 6.07) is 6.99. The molecule has 3 aliphatic rings. The van der Waals surface area contributed by atoms with Gasteiger partial charge in [-0.05, 0) is 37.1 Å². The zero-order valence-corrected chi connectivity index (χ0v) is 19.0. The molecule has 1 aromatic rings. The van der Waals surface area contributed by atoms with Crippen molar-refractivity contribution in [1.82, 2.24) is 15.1 Å². The third kappa shape index (κ3) is 5.11. The summed E-state index contributed by atoms with van der Waals surface area (Å²) in [6.07, 6.45) is 4.00. The van der Waals surface area contributed by atoms with Crippen LogP contribution in [-0.2, 0) is 19.1 Å². The molecule has 0 bridgehead atoms. The Kier molecular flexibility index (Phi) is 6.83. The average molecular weight is 458 g/mol. The van der Waals surface area contributed by atoms with E-state index in [1.807, 2.05) is 24.3 Å². The number of anilines is 2. The van der Waals surface area contributed by atoms with Crippen LogP contribution in [0.4, 0.5) is 16.2 Å². The highest BCUT2D eigenvalue weighted by Crippen LogP contribution is 2.33. The van der Waals surface area contributed by atoms with Crippen molar-refractivity contribution in [2.75, 3.05) is 56.7 Å². The summed E-state index contributed by atoms with van der Waals surface area (Å²) in [4.78, 5) is 54.7. The van der Waals surface area contributed by atoms with Crippen molar-refractivity contribution in [2.24, 2.45) is 0 Å². The Morgan fingerprint density at radius 3 is 2.42 bits per heavy atom. The zero-order chi connectivity index (χ0) is 23.4. The first-order chi connectivity index (χ1) is 15.9. The maximum absolute atomic E-state index is 12.8. The molecule has 1 saturated carbocycles. The molecule has 2 saturated heterocycles. The maximum Gasteiger partial charge on any atom is 0.325 e. The normalized spacial score (nSPS) is 20.0. The number of hydrogen-bond acceptors (Lipinski definition) is 6. The number of morpholine rings is 1. The van der Waals surface area contributed by atoms with Gasteiger partial charge in [-0.15, -0.1) is 0 Å². The second-order valence-electron chi connectivity index (χ2n) is 8.91. The van der Waals surface area contributed by atoms with Crippen molar-refractivity contribution in [1.29, 1.82) is 0 Å². The van der Waals surface area contributed by atoms with Gasteiger partial charge >= 0.3 is 6.03 Å². The molecule has 10 heteroatoms. The highest BCUT2D eigenvalue weighted by atomic mass is 16.5. The van der Waals surface area contributed by atoms with Gasteiger partial charge in [-0.2, -0.15) is 0 Å². The molecule has 2 aliphatic heterocycles. The molecule has 1 spiro atoms. The molecular formula is C23H31N5O5. The van der Waals surface area contributed by atoms with Crippen LogP contribution < -0.4 is 15.5 Å². The molecule has 0 unspecified atom stereocenters. The first-order valence-electron chi connectivity index (χ1n) is 11.5. The van der Waals surface area contributed by atoms with Crippen LogP contribution in [0.15, 0.2) is 24.3 Å². The summed E-state index contributed by atoms with van der Waals surface area (Å²) in [5.74, 6) is -1.16. The Bertz CT molecular complexity index is 906. The smallest absolute Gasteiger partial charge is 0.325 e. The average Bonchev–Trinajstić information content (AvgIpc) is 3.04. The number of rotatable bonds is 6. The van der Waals surface area contributed by atoms with Crippen LogP contribution in [0.2, 0.25) is 0 Å². The number of likely N-dealkylation sites (N-methyl/N-ethyl adjacent to an activating group) is 1. The lowest BCUT2D eigenvalue weighted by Crippen LogP contribution is -2.49. The number of benzene rings is 1. The van der Waals surface area contributed by atoms with Crippen molar-refractivity contribution in [3.05, 3.63) is 24.3 Å². The van der Waals surface area contributed by atoms with E-state index in [0.717, 1.165) is 42.9 Å². The quantitative estimate of drug-likeness (QED) is 0.621. The summed E-state index contributed by atoms with van der Waals surface area (Å²) >= 11 is 0. The molecule has 4 rings (SSSR count). The fourth-order valence-electron chi connectivity index (χ4n) is 4.65. The molecule has 0 atom stereocenters. The van der Waals surface area contributed by atoms with E-state index in [4.69, 9.17) is 4.74 Å². The van der Waals surface area contributed by atoms with Crippen LogP contribution in [0, 0.1) is 0 Å². The first kappa shape index (κ1) is 23.0. The first-order valence-corrected chi connectivity index (χ1v) is 11.5. The second kappa shape index (κ2) is 9.78. The number of urea groups is 1. The van der Waals surface area contributed by atoms with Crippen molar-refractivity contribution in [2.45, 2.75) is 37.6 Å². The number of amides is 5. The standard InChI is InChI=1S/C23H31N5O5/c1-26(20(30)16-28-21(31)23(25-22(28)32)9-3-2-4-10-23)15-19(29)24-17-5-7-18(8-6-17)27-11-13-33-14-12-27/h5-8H,2-4,9-16H2,1H3,(H,24,29)(H,25,32). The van der Waals surface area contributed by atoms with E-state index >= 15 is 0 Å². The number of carbonyl (C=O) groups excluding carboxylic acids is 4. The van der Waals surface area contributed by atoms with Crippen LogP contribution in [0.25, 0.3) is 0 Å². The molecule has 2 N–H and O–H groups in total. The highest BCUT2D eigenvalue weighted by Gasteiger charge is 2.51. The Morgan fingerprint density at radius 2 is 1.76 bits per heavy atom. The molecule has 1 aromatic carbocycles. The summed E-state index contributed by atoms with van der Waals surface area (Å²) in [7, 11) is 1.48. The van der Waals surface area contributed by atoms with Crippen LogP contribution in [0.1, 0.15) is 32.1 Å². The van der Waals surface area contributed by atoms with Gasteiger partial charge in [0.25, 0.3) is 5.91 Å². The molecule has 2 heterocycles. The molecule has 33 heavy (non-hydrogen) atoms. The van der Waals surface area contributed by atoms with Gasteiger partial charge in [-0.3, -0.25) is 19.3 Å². The van der Waals surface area contributed by atoms with Gasteiger partial charge in [0.05, 0.1) is 19.8 Å². The molecule has 3 fully saturated rings. The molecule has 5 amide bonds. The topological polar surface area (TPSA) is 111 Å². The lowest BCUT2D eigenvalue weighted by molar-refractivity contribution is -0.139. The van der Waals surface area contributed by atoms with Crippen molar-refractivity contribution in [3.63, 3.8) is 0 Å². The van der Waals surface area contributed by atoms with E-state index in [1.165, 1.54) is 11.9 Å². The number of nitrogens with one attached hydrogen (secondary N) is 2. The third-order valence-electron chi connectivity index (χ3n) is 6.58. The molecule has 10 nitrogen and oxygen atoms in total. The van der Waals surface area contributed by atoms with E-state index < -0.39 is 17.5 Å². The van der Waals surface area contributed by atoms with E-state index in [2.05, 4.69) is 15.5 Å². The Morgan fingerprint density at radius 1 is 1.09 bits per heavy atom. The molecule has 0 aromatic heterocycles. The van der Waals surface area contributed by atoms with E-state index in [1.54, 1.807) is 0 Å². The van der Waals surface area contributed by atoms with Gasteiger partial charge in [0, 0.05) is 31.5 Å². The summed E-state index contributed by atoms with van der Waals surface area (Å²) in [6.45, 7) is 2.51. The second-order valence-corrected chi connectivity index (χ2v) is 8.91. The van der Waals surface area contributed by atoms with Gasteiger partial charge in [-0.25, -0.2) is 4.79 Å². The van der Waals surface area contributed by atoms with Gasteiger partial charge in [0.1, 0.15) is 12.1 Å². The predicted molar refractivity (Wildman–Crippen MR) is 122 cm³/mol. The lowest BCUT2D eigenvalue weighted by atomic mass is 9.82. The van der Waals surface area contributed by atoms with Crippen molar-refractivity contribution < 1.29 is 23.9 Å². The molecular weight excluding hydrogens is 426 g/mol. The Balaban J connectivity index is 1.27. The third-order valence-corrected chi connectivity index (χ3v) is 6.58. The van der Waals surface area contributed by atoms with E-state index in [-0.39, 0.29) is 24.9 Å². The SMILES string of the molecule is CN(CC(=O)Nc1ccc(N2CCOCC2)cc1)C(=O)CN1C(=O)NC2(CCCCC2)C1=O. The van der Waals surface area contributed by atoms with Crippen molar-refractivity contribution >= 4 is 35.1 Å². The van der Waals surface area contributed by atoms with Crippen molar-refractivity contribution in [3.8, 4) is 0 Å². The number of hydrogen-bond donors (Lipinski definition) is 2. The number of carbonyl (C=O) groups is 4. The Hall–Kier alpha value is -3.14. The Labute approximate surface area is 193 Å². The van der Waals surface area contributed by atoms with Crippen LogP contribution in [-0.4, -0.2) is 85.5 Å². The highest BCUT2D eigenvalue weighted by molar-refractivity contribution is 6.09. The lowest BCUT2D eigenvalue weighted by Gasteiger charge is -2.30. The predicted octanol–water partition coefficient (Wildman–Crippen LogP) is 1.17. The fourth-order valence-corrected chi connectivity index (χ4v) is 4.65. The summed E-state index contributed by atoms with van der Waals surface area (Å²) < 4.78 is 5.36. The summed E-state index contributed by atoms with van der Waals surface area (Å²) in [5, 5.41) is 5.57. The summed E-state index contributed by atoms with van der Waals surface area (Å²) in [5.41, 5.74) is 0.831.